The summed E-state index contributed by atoms with van der Waals surface area (Å²) in [4.78, 5) is 4.61. The van der Waals surface area contributed by atoms with Crippen molar-refractivity contribution in [2.75, 3.05) is 12.4 Å². The van der Waals surface area contributed by atoms with E-state index in [1.54, 1.807) is 23.8 Å². The molecule has 9 nitrogen and oxygen atoms in total. The number of fused-ring (bicyclic) bond motifs is 4. The first-order chi connectivity index (χ1) is 15.9. The molecule has 4 aromatic rings. The van der Waals surface area contributed by atoms with Crippen LogP contribution in [0.4, 0.5) is 14.7 Å². The molecule has 0 atom stereocenters. The summed E-state index contributed by atoms with van der Waals surface area (Å²) >= 11 is 0. The SMILES string of the molecule is COc1nc(NC23CCC(O)(CC2)C3)nn2ccc(-c3ccc4nnn(CC(F)F)c4c3)c12. The summed E-state index contributed by atoms with van der Waals surface area (Å²) in [7, 11) is 1.55. The third kappa shape index (κ3) is 3.29. The predicted molar refractivity (Wildman–Crippen MR) is 116 cm³/mol. The van der Waals surface area contributed by atoms with Crippen molar-refractivity contribution in [1.82, 2.24) is 29.6 Å². The number of ether oxygens (including phenoxy) is 1. The molecular weight excluding hydrogens is 432 g/mol. The lowest BCUT2D eigenvalue weighted by molar-refractivity contribution is 0.0521. The molecule has 2 aliphatic rings. The number of hydrogen-bond acceptors (Lipinski definition) is 7. The van der Waals surface area contributed by atoms with E-state index in [1.807, 2.05) is 18.3 Å². The van der Waals surface area contributed by atoms with Crippen LogP contribution < -0.4 is 10.1 Å². The van der Waals surface area contributed by atoms with Crippen molar-refractivity contribution in [2.45, 2.75) is 56.2 Å². The Morgan fingerprint density at radius 3 is 2.73 bits per heavy atom. The molecule has 2 N–H and O–H groups in total. The van der Waals surface area contributed by atoms with E-state index in [1.165, 1.54) is 4.68 Å². The normalized spacial score (nSPS) is 24.4. The van der Waals surface area contributed by atoms with Crippen molar-refractivity contribution in [3.05, 3.63) is 30.5 Å². The van der Waals surface area contributed by atoms with E-state index in [0.717, 1.165) is 36.8 Å². The Labute approximate surface area is 187 Å². The van der Waals surface area contributed by atoms with Gasteiger partial charge < -0.3 is 15.2 Å². The zero-order chi connectivity index (χ0) is 22.8. The Bertz CT molecular complexity index is 1360. The number of halogens is 2. The van der Waals surface area contributed by atoms with Crippen LogP contribution in [0.1, 0.15) is 32.1 Å². The van der Waals surface area contributed by atoms with E-state index in [0.29, 0.717) is 34.8 Å². The lowest BCUT2D eigenvalue weighted by Gasteiger charge is -2.27. The van der Waals surface area contributed by atoms with E-state index in [9.17, 15) is 13.9 Å². The maximum absolute atomic E-state index is 12.9. The van der Waals surface area contributed by atoms with E-state index < -0.39 is 18.6 Å². The highest BCUT2D eigenvalue weighted by atomic mass is 19.3. The van der Waals surface area contributed by atoms with Gasteiger partial charge in [-0.05, 0) is 55.9 Å². The summed E-state index contributed by atoms with van der Waals surface area (Å²) in [6.45, 7) is -0.519. The van der Waals surface area contributed by atoms with E-state index in [2.05, 4.69) is 25.7 Å². The molecule has 0 amide bonds. The second-order valence-electron chi connectivity index (χ2n) is 9.14. The highest BCUT2D eigenvalue weighted by Gasteiger charge is 2.53. The van der Waals surface area contributed by atoms with Crippen LogP contribution >= 0.6 is 0 Å². The smallest absolute Gasteiger partial charge is 0.258 e. The van der Waals surface area contributed by atoms with Gasteiger partial charge in [-0.2, -0.15) is 4.98 Å². The maximum Gasteiger partial charge on any atom is 0.258 e. The number of nitrogens with zero attached hydrogens (tertiary/aromatic N) is 6. The first kappa shape index (κ1) is 20.3. The molecule has 6 rings (SSSR count). The third-order valence-electron chi connectivity index (χ3n) is 6.99. The predicted octanol–water partition coefficient (Wildman–Crippen LogP) is 3.27. The van der Waals surface area contributed by atoms with Crippen LogP contribution in [0.2, 0.25) is 0 Å². The molecule has 2 saturated carbocycles. The first-order valence-electron chi connectivity index (χ1n) is 10.9. The molecule has 33 heavy (non-hydrogen) atoms. The third-order valence-corrected chi connectivity index (χ3v) is 6.99. The standard InChI is InChI=1S/C22H23F2N7O2/c1-33-19-18-14(13-2-3-15-16(10-13)31(29-27-15)11-17(23)24)4-9-30(18)28-20(25-19)26-21-5-7-22(32,12-21)8-6-21/h2-4,9-10,17,32H,5-8,11-12H2,1H3,(H,26,28). The van der Waals surface area contributed by atoms with Gasteiger partial charge in [-0.15, -0.1) is 10.2 Å². The van der Waals surface area contributed by atoms with Crippen LogP contribution in [0.3, 0.4) is 0 Å². The number of anilines is 1. The number of aliphatic hydroxyl groups is 1. The minimum Gasteiger partial charge on any atom is -0.479 e. The summed E-state index contributed by atoms with van der Waals surface area (Å²) < 4.78 is 34.4. The molecule has 2 bridgehead atoms. The van der Waals surface area contributed by atoms with Gasteiger partial charge in [0.15, 0.2) is 0 Å². The highest BCUT2D eigenvalue weighted by molar-refractivity contribution is 5.89. The summed E-state index contributed by atoms with van der Waals surface area (Å²) in [5.74, 6) is 0.844. The maximum atomic E-state index is 12.9. The summed E-state index contributed by atoms with van der Waals surface area (Å²) in [6, 6.07) is 7.30. The van der Waals surface area contributed by atoms with Gasteiger partial charge in [0.25, 0.3) is 6.43 Å². The Balaban J connectivity index is 1.40. The largest absolute Gasteiger partial charge is 0.479 e. The summed E-state index contributed by atoms with van der Waals surface area (Å²) in [6.07, 6.45) is 3.31. The van der Waals surface area contributed by atoms with Gasteiger partial charge in [0.1, 0.15) is 17.6 Å². The van der Waals surface area contributed by atoms with Crippen LogP contribution in [-0.4, -0.2) is 59.4 Å². The van der Waals surface area contributed by atoms with Gasteiger partial charge >= 0.3 is 0 Å². The second-order valence-corrected chi connectivity index (χ2v) is 9.14. The molecular formula is C22H23F2N7O2. The van der Waals surface area contributed by atoms with Crippen molar-refractivity contribution in [3.63, 3.8) is 0 Å². The van der Waals surface area contributed by atoms with Crippen LogP contribution in [-0.2, 0) is 6.54 Å². The van der Waals surface area contributed by atoms with Crippen molar-refractivity contribution < 1.29 is 18.6 Å². The van der Waals surface area contributed by atoms with Crippen molar-refractivity contribution in [2.24, 2.45) is 0 Å². The number of alkyl halides is 2. The number of hydrogen-bond donors (Lipinski definition) is 2. The van der Waals surface area contributed by atoms with Gasteiger partial charge in [-0.25, -0.2) is 18.0 Å². The van der Waals surface area contributed by atoms with Crippen LogP contribution in [0.15, 0.2) is 30.5 Å². The second kappa shape index (κ2) is 7.08. The Morgan fingerprint density at radius 2 is 2.03 bits per heavy atom. The number of rotatable bonds is 6. The Morgan fingerprint density at radius 1 is 1.21 bits per heavy atom. The molecule has 2 fully saturated rings. The fourth-order valence-electron chi connectivity index (χ4n) is 5.40. The van der Waals surface area contributed by atoms with Crippen molar-refractivity contribution >= 4 is 22.5 Å². The molecule has 0 spiro atoms. The quantitative estimate of drug-likeness (QED) is 0.460. The number of methoxy groups -OCH3 is 1. The summed E-state index contributed by atoms with van der Waals surface area (Å²) in [5.41, 5.74) is 2.57. The van der Waals surface area contributed by atoms with Gasteiger partial charge in [-0.3, -0.25) is 0 Å². The fraction of sp³-hybridized carbons (Fsp3) is 0.455. The highest BCUT2D eigenvalue weighted by Crippen LogP contribution is 2.51. The number of nitrogens with one attached hydrogen (secondary N) is 1. The van der Waals surface area contributed by atoms with Crippen LogP contribution in [0.25, 0.3) is 27.7 Å². The fourth-order valence-corrected chi connectivity index (χ4v) is 5.40. The van der Waals surface area contributed by atoms with Gasteiger partial charge in [0.2, 0.25) is 11.8 Å². The number of aromatic nitrogens is 6. The molecule has 3 aromatic heterocycles. The minimum atomic E-state index is -2.52. The van der Waals surface area contributed by atoms with Crippen LogP contribution in [0, 0.1) is 0 Å². The zero-order valence-corrected chi connectivity index (χ0v) is 18.0. The van der Waals surface area contributed by atoms with Crippen molar-refractivity contribution in [1.29, 1.82) is 0 Å². The topological polar surface area (TPSA) is 102 Å². The average Bonchev–Trinajstić information content (AvgIpc) is 3.54. The Hall–Kier alpha value is -3.34. The zero-order valence-electron chi connectivity index (χ0n) is 18.0. The molecule has 2 aliphatic carbocycles. The minimum absolute atomic E-state index is 0.190. The monoisotopic (exact) mass is 455 g/mol. The molecule has 3 heterocycles. The lowest BCUT2D eigenvalue weighted by Crippen LogP contribution is -2.34. The van der Waals surface area contributed by atoms with Gasteiger partial charge in [0, 0.05) is 17.3 Å². The van der Waals surface area contributed by atoms with Gasteiger partial charge in [-0.1, -0.05) is 11.3 Å². The Kier molecular flexibility index (Phi) is 4.35. The van der Waals surface area contributed by atoms with E-state index >= 15 is 0 Å². The van der Waals surface area contributed by atoms with Crippen molar-refractivity contribution in [3.8, 4) is 17.0 Å². The number of benzene rings is 1. The molecule has 172 valence electrons. The average molecular weight is 455 g/mol. The molecule has 11 heteroatoms. The molecule has 1 aromatic carbocycles. The molecule has 0 radical (unpaired) electrons. The molecule has 0 unspecified atom stereocenters. The van der Waals surface area contributed by atoms with E-state index in [-0.39, 0.29) is 5.54 Å². The first-order valence-corrected chi connectivity index (χ1v) is 10.9. The lowest BCUT2D eigenvalue weighted by atomic mass is 9.93. The molecule has 0 saturated heterocycles. The molecule has 0 aliphatic heterocycles. The summed E-state index contributed by atoms with van der Waals surface area (Å²) in [5, 5.41) is 26.5. The van der Waals surface area contributed by atoms with Gasteiger partial charge in [0.05, 0.1) is 18.2 Å². The van der Waals surface area contributed by atoms with E-state index in [4.69, 9.17) is 4.74 Å². The van der Waals surface area contributed by atoms with Crippen LogP contribution in [0.5, 0.6) is 5.88 Å².